The Bertz CT molecular complexity index is 412. The van der Waals surface area contributed by atoms with Crippen molar-refractivity contribution in [3.05, 3.63) is 34.3 Å². The van der Waals surface area contributed by atoms with E-state index < -0.39 is 12.1 Å². The Balaban J connectivity index is 2.36. The van der Waals surface area contributed by atoms with E-state index in [1.807, 2.05) is 12.1 Å². The van der Waals surface area contributed by atoms with E-state index in [0.717, 1.165) is 10.0 Å². The first-order valence-corrected chi connectivity index (χ1v) is 4.83. The second-order valence-electron chi connectivity index (χ2n) is 2.92. The van der Waals surface area contributed by atoms with Crippen LogP contribution in [0.25, 0.3) is 6.08 Å². The quantitative estimate of drug-likeness (QED) is 0.837. The molecule has 0 amide bonds. The number of fused-ring (bicyclic) bond motifs is 1. The van der Waals surface area contributed by atoms with Gasteiger partial charge >= 0.3 is 5.97 Å². The third-order valence-electron chi connectivity index (χ3n) is 1.92. The molecule has 0 aromatic heterocycles. The molecule has 0 bridgehead atoms. The fraction of sp³-hybridized carbons (Fsp3) is 0.100. The number of ether oxygens (including phenoxy) is 1. The molecule has 1 atom stereocenters. The topological polar surface area (TPSA) is 46.5 Å². The lowest BCUT2D eigenvalue weighted by molar-refractivity contribution is -0.142. The molecular formula is C10H7BrO3. The number of carboxylic acids is 1. The molecule has 3 nitrogen and oxygen atoms in total. The summed E-state index contributed by atoms with van der Waals surface area (Å²) in [6, 6.07) is 5.44. The highest BCUT2D eigenvalue weighted by atomic mass is 79.9. The Kier molecular flexibility index (Phi) is 2.29. The van der Waals surface area contributed by atoms with Crippen LogP contribution in [0.1, 0.15) is 5.56 Å². The van der Waals surface area contributed by atoms with E-state index in [4.69, 9.17) is 9.84 Å². The number of halogens is 1. The number of carboxylic acid groups (broad SMARTS) is 1. The molecule has 0 fully saturated rings. The van der Waals surface area contributed by atoms with Crippen molar-refractivity contribution in [1.82, 2.24) is 0 Å². The molecule has 2 rings (SSSR count). The highest BCUT2D eigenvalue weighted by molar-refractivity contribution is 9.10. The summed E-state index contributed by atoms with van der Waals surface area (Å²) in [6.07, 6.45) is 2.41. The zero-order chi connectivity index (χ0) is 10.1. The van der Waals surface area contributed by atoms with Gasteiger partial charge in [0.05, 0.1) is 0 Å². The zero-order valence-electron chi connectivity index (χ0n) is 7.11. The molecular weight excluding hydrogens is 248 g/mol. The third-order valence-corrected chi connectivity index (χ3v) is 2.41. The van der Waals surface area contributed by atoms with Crippen LogP contribution in [0.4, 0.5) is 0 Å². The van der Waals surface area contributed by atoms with Gasteiger partial charge in [-0.05, 0) is 24.3 Å². The molecule has 1 aliphatic rings. The van der Waals surface area contributed by atoms with Gasteiger partial charge in [-0.3, -0.25) is 0 Å². The maximum atomic E-state index is 10.6. The van der Waals surface area contributed by atoms with E-state index in [1.165, 1.54) is 6.08 Å². The molecule has 72 valence electrons. The minimum Gasteiger partial charge on any atom is -0.478 e. The molecule has 0 saturated carbocycles. The highest BCUT2D eigenvalue weighted by Gasteiger charge is 2.20. The lowest BCUT2D eigenvalue weighted by Crippen LogP contribution is -2.26. The Hall–Kier alpha value is -1.29. The summed E-state index contributed by atoms with van der Waals surface area (Å²) in [7, 11) is 0. The molecule has 14 heavy (non-hydrogen) atoms. The van der Waals surface area contributed by atoms with Gasteiger partial charge in [0.1, 0.15) is 5.75 Å². The van der Waals surface area contributed by atoms with Crippen LogP contribution in [-0.2, 0) is 4.79 Å². The van der Waals surface area contributed by atoms with E-state index in [9.17, 15) is 4.79 Å². The molecule has 1 unspecified atom stereocenters. The van der Waals surface area contributed by atoms with Gasteiger partial charge in [-0.1, -0.05) is 22.0 Å². The normalized spacial score (nSPS) is 18.5. The van der Waals surface area contributed by atoms with Crippen molar-refractivity contribution >= 4 is 28.0 Å². The van der Waals surface area contributed by atoms with Gasteiger partial charge in [-0.2, -0.15) is 0 Å². The average molecular weight is 255 g/mol. The Morgan fingerprint density at radius 2 is 2.29 bits per heavy atom. The summed E-state index contributed by atoms with van der Waals surface area (Å²) in [5, 5.41) is 8.73. The minimum atomic E-state index is -0.977. The van der Waals surface area contributed by atoms with Crippen molar-refractivity contribution in [2.45, 2.75) is 6.10 Å². The van der Waals surface area contributed by atoms with Crippen LogP contribution < -0.4 is 4.74 Å². The van der Waals surface area contributed by atoms with Gasteiger partial charge in [0.25, 0.3) is 0 Å². The van der Waals surface area contributed by atoms with Crippen LogP contribution in [0.3, 0.4) is 0 Å². The second-order valence-corrected chi connectivity index (χ2v) is 3.83. The average Bonchev–Trinajstić information content (AvgIpc) is 2.16. The molecule has 1 heterocycles. The highest BCUT2D eigenvalue weighted by Crippen LogP contribution is 2.28. The number of rotatable bonds is 1. The fourth-order valence-corrected chi connectivity index (χ4v) is 1.64. The first-order chi connectivity index (χ1) is 6.66. The molecule has 1 aliphatic heterocycles. The summed E-state index contributed by atoms with van der Waals surface area (Å²) < 4.78 is 6.18. The fourth-order valence-electron chi connectivity index (χ4n) is 1.26. The van der Waals surface area contributed by atoms with Gasteiger partial charge in [0.2, 0.25) is 6.10 Å². The molecule has 1 aromatic rings. The lowest BCUT2D eigenvalue weighted by atomic mass is 10.1. The van der Waals surface area contributed by atoms with E-state index in [1.54, 1.807) is 12.1 Å². The summed E-state index contributed by atoms with van der Waals surface area (Å²) >= 11 is 3.33. The predicted octanol–water partition coefficient (Wildman–Crippen LogP) is 2.31. The van der Waals surface area contributed by atoms with Gasteiger partial charge in [0.15, 0.2) is 0 Å². The number of hydrogen-bond donors (Lipinski definition) is 1. The zero-order valence-corrected chi connectivity index (χ0v) is 8.69. The first kappa shape index (κ1) is 9.27. The largest absolute Gasteiger partial charge is 0.478 e. The monoisotopic (exact) mass is 254 g/mol. The summed E-state index contributed by atoms with van der Waals surface area (Å²) in [6.45, 7) is 0. The Morgan fingerprint density at radius 1 is 1.50 bits per heavy atom. The Labute approximate surface area is 89.1 Å². The minimum absolute atomic E-state index is 0.600. The molecule has 0 saturated heterocycles. The molecule has 1 aromatic carbocycles. The molecule has 0 aliphatic carbocycles. The van der Waals surface area contributed by atoms with Crippen molar-refractivity contribution in [2.24, 2.45) is 0 Å². The van der Waals surface area contributed by atoms with Gasteiger partial charge in [-0.15, -0.1) is 0 Å². The van der Waals surface area contributed by atoms with Crippen LogP contribution in [0, 0.1) is 0 Å². The number of benzene rings is 1. The third kappa shape index (κ3) is 1.65. The summed E-state index contributed by atoms with van der Waals surface area (Å²) in [5.41, 5.74) is 0.886. The van der Waals surface area contributed by atoms with Crippen molar-refractivity contribution in [2.75, 3.05) is 0 Å². The smallest absolute Gasteiger partial charge is 0.349 e. The van der Waals surface area contributed by atoms with Crippen LogP contribution in [0.2, 0.25) is 0 Å². The first-order valence-electron chi connectivity index (χ1n) is 4.04. The van der Waals surface area contributed by atoms with E-state index in [0.29, 0.717) is 5.75 Å². The van der Waals surface area contributed by atoms with Gasteiger partial charge in [-0.25, -0.2) is 4.79 Å². The van der Waals surface area contributed by atoms with Crippen molar-refractivity contribution in [3.8, 4) is 5.75 Å². The number of aliphatic carboxylic acids is 1. The predicted molar refractivity (Wildman–Crippen MR) is 55.2 cm³/mol. The van der Waals surface area contributed by atoms with E-state index in [2.05, 4.69) is 15.9 Å². The lowest BCUT2D eigenvalue weighted by Gasteiger charge is -2.18. The van der Waals surface area contributed by atoms with Crippen molar-refractivity contribution in [1.29, 1.82) is 0 Å². The van der Waals surface area contributed by atoms with Crippen molar-refractivity contribution < 1.29 is 14.6 Å². The SMILES string of the molecule is O=C(O)C1C=Cc2cc(Br)ccc2O1. The number of hydrogen-bond acceptors (Lipinski definition) is 2. The van der Waals surface area contributed by atoms with E-state index >= 15 is 0 Å². The van der Waals surface area contributed by atoms with Crippen molar-refractivity contribution in [3.63, 3.8) is 0 Å². The molecule has 1 N–H and O–H groups in total. The van der Waals surface area contributed by atoms with Gasteiger partial charge in [0, 0.05) is 10.0 Å². The van der Waals surface area contributed by atoms with Gasteiger partial charge < -0.3 is 9.84 Å². The van der Waals surface area contributed by atoms with Crippen LogP contribution in [-0.4, -0.2) is 17.2 Å². The van der Waals surface area contributed by atoms with Crippen LogP contribution >= 0.6 is 15.9 Å². The molecule has 0 radical (unpaired) electrons. The standard InChI is InChI=1S/C10H7BrO3/c11-7-2-4-8-6(5-7)1-3-9(14-8)10(12)13/h1-5,9H,(H,12,13). The molecule has 0 spiro atoms. The second kappa shape index (κ2) is 3.46. The Morgan fingerprint density at radius 3 is 3.00 bits per heavy atom. The van der Waals surface area contributed by atoms with Crippen LogP contribution in [0.15, 0.2) is 28.7 Å². The maximum absolute atomic E-state index is 10.6. The summed E-state index contributed by atoms with van der Waals surface area (Å²) in [5.74, 6) is -0.377. The van der Waals surface area contributed by atoms with E-state index in [-0.39, 0.29) is 0 Å². The number of carbonyl (C=O) groups is 1. The maximum Gasteiger partial charge on any atom is 0.349 e. The van der Waals surface area contributed by atoms with Crippen LogP contribution in [0.5, 0.6) is 5.75 Å². The molecule has 4 heteroatoms. The summed E-state index contributed by atoms with van der Waals surface area (Å²) in [4.78, 5) is 10.6.